The molecule has 1 aliphatic carbocycles. The molecule has 0 bridgehead atoms. The van der Waals surface area contributed by atoms with Crippen LogP contribution in [0.25, 0.3) is 11.0 Å². The number of halogens is 1. The van der Waals surface area contributed by atoms with Crippen molar-refractivity contribution in [2.75, 3.05) is 0 Å². The van der Waals surface area contributed by atoms with Crippen molar-refractivity contribution in [2.45, 2.75) is 57.9 Å². The van der Waals surface area contributed by atoms with E-state index in [4.69, 9.17) is 16.6 Å². The molecule has 1 saturated carbocycles. The number of imidazole rings is 1. The lowest BCUT2D eigenvalue weighted by Crippen LogP contribution is -2.20. The van der Waals surface area contributed by atoms with Crippen LogP contribution in [-0.4, -0.2) is 9.55 Å². The van der Waals surface area contributed by atoms with Crippen LogP contribution in [0.3, 0.4) is 0 Å². The van der Waals surface area contributed by atoms with Gasteiger partial charge in [-0.2, -0.15) is 0 Å². The Morgan fingerprint density at radius 3 is 2.52 bits per heavy atom. The van der Waals surface area contributed by atoms with Gasteiger partial charge in [0.15, 0.2) is 0 Å². The van der Waals surface area contributed by atoms with E-state index in [9.17, 15) is 0 Å². The minimum atomic E-state index is -0.0376. The predicted molar refractivity (Wildman–Crippen MR) is 89.7 cm³/mol. The molecule has 0 spiro atoms. The number of para-hydroxylation sites is 2. The first-order valence-corrected chi connectivity index (χ1v) is 8.72. The quantitative estimate of drug-likeness (QED) is 0.677. The van der Waals surface area contributed by atoms with Crippen LogP contribution in [0.5, 0.6) is 0 Å². The number of nitrogens with zero attached hydrogens (tertiary/aromatic N) is 2. The highest BCUT2D eigenvalue weighted by Crippen LogP contribution is 2.33. The summed E-state index contributed by atoms with van der Waals surface area (Å²) in [5.74, 6) is 2.75. The van der Waals surface area contributed by atoms with Gasteiger partial charge in [-0.15, -0.1) is 11.6 Å². The molecule has 3 rings (SSSR count). The van der Waals surface area contributed by atoms with Gasteiger partial charge in [-0.1, -0.05) is 38.3 Å². The number of hydrogen-bond donors (Lipinski definition) is 0. The molecule has 1 aromatic heterocycles. The molecule has 1 unspecified atom stereocenters. The highest BCUT2D eigenvalue weighted by molar-refractivity contribution is 6.20. The van der Waals surface area contributed by atoms with Gasteiger partial charge in [-0.3, -0.25) is 0 Å². The van der Waals surface area contributed by atoms with Crippen molar-refractivity contribution in [2.24, 2.45) is 11.8 Å². The summed E-state index contributed by atoms with van der Waals surface area (Å²) in [6.45, 7) is 5.41. The zero-order valence-electron chi connectivity index (χ0n) is 13.1. The van der Waals surface area contributed by atoms with Crippen molar-refractivity contribution in [3.63, 3.8) is 0 Å². The van der Waals surface area contributed by atoms with Crippen molar-refractivity contribution >= 4 is 22.6 Å². The zero-order chi connectivity index (χ0) is 14.8. The van der Waals surface area contributed by atoms with Gasteiger partial charge in [-0.05, 0) is 43.7 Å². The monoisotopic (exact) mass is 304 g/mol. The minimum Gasteiger partial charge on any atom is -0.326 e. The molecule has 1 fully saturated rings. The van der Waals surface area contributed by atoms with Crippen LogP contribution in [0.1, 0.15) is 57.2 Å². The Hall–Kier alpha value is -1.02. The third-order valence-electron chi connectivity index (χ3n) is 5.02. The second-order valence-corrected chi connectivity index (χ2v) is 7.13. The molecule has 1 heterocycles. The largest absolute Gasteiger partial charge is 0.326 e. The molecule has 2 aromatic rings. The molecule has 3 heteroatoms. The molecule has 1 aliphatic rings. The molecular formula is C18H25ClN2. The van der Waals surface area contributed by atoms with Crippen molar-refractivity contribution in [3.8, 4) is 0 Å². The van der Waals surface area contributed by atoms with E-state index in [1.54, 1.807) is 0 Å². The third-order valence-corrected chi connectivity index (χ3v) is 5.22. The van der Waals surface area contributed by atoms with Crippen LogP contribution >= 0.6 is 11.6 Å². The molecule has 0 N–H and O–H groups in total. The molecule has 0 radical (unpaired) electrons. The van der Waals surface area contributed by atoms with E-state index in [1.807, 2.05) is 6.92 Å². The second kappa shape index (κ2) is 6.39. The van der Waals surface area contributed by atoms with Crippen molar-refractivity contribution < 1.29 is 0 Å². The van der Waals surface area contributed by atoms with Crippen molar-refractivity contribution in [1.29, 1.82) is 0 Å². The SMILES string of the molecule is CCC1CCC(Cn2c(C(C)Cl)nc3ccccc32)CC1. The van der Waals surface area contributed by atoms with Gasteiger partial charge in [0.2, 0.25) is 0 Å². The molecule has 114 valence electrons. The predicted octanol–water partition coefficient (Wildman–Crippen LogP) is 5.55. The summed E-state index contributed by atoms with van der Waals surface area (Å²) in [4.78, 5) is 4.74. The van der Waals surface area contributed by atoms with E-state index in [2.05, 4.69) is 35.8 Å². The van der Waals surface area contributed by atoms with Gasteiger partial charge in [0.1, 0.15) is 5.82 Å². The Bertz CT molecular complexity index is 594. The summed E-state index contributed by atoms with van der Waals surface area (Å²) in [6, 6.07) is 8.40. The lowest BCUT2D eigenvalue weighted by atomic mass is 9.81. The van der Waals surface area contributed by atoms with Crippen molar-refractivity contribution in [1.82, 2.24) is 9.55 Å². The Labute approximate surface area is 132 Å². The first-order chi connectivity index (χ1) is 10.2. The third kappa shape index (κ3) is 3.11. The molecule has 0 aliphatic heterocycles. The van der Waals surface area contributed by atoms with Gasteiger partial charge in [0, 0.05) is 6.54 Å². The first kappa shape index (κ1) is 14.9. The highest BCUT2D eigenvalue weighted by atomic mass is 35.5. The van der Waals surface area contributed by atoms with Gasteiger partial charge in [0.25, 0.3) is 0 Å². The van der Waals surface area contributed by atoms with E-state index in [1.165, 1.54) is 37.6 Å². The van der Waals surface area contributed by atoms with Gasteiger partial charge in [0.05, 0.1) is 16.4 Å². The second-order valence-electron chi connectivity index (χ2n) is 6.48. The molecule has 21 heavy (non-hydrogen) atoms. The van der Waals surface area contributed by atoms with E-state index in [0.29, 0.717) is 0 Å². The molecule has 0 amide bonds. The fourth-order valence-corrected chi connectivity index (χ4v) is 3.84. The Balaban J connectivity index is 1.84. The summed E-state index contributed by atoms with van der Waals surface area (Å²) in [5, 5.41) is -0.0376. The zero-order valence-corrected chi connectivity index (χ0v) is 13.8. The number of aromatic nitrogens is 2. The summed E-state index contributed by atoms with van der Waals surface area (Å²) in [7, 11) is 0. The number of rotatable bonds is 4. The number of fused-ring (bicyclic) bond motifs is 1. The van der Waals surface area contributed by atoms with Crippen LogP contribution in [-0.2, 0) is 6.54 Å². The molecule has 0 saturated heterocycles. The topological polar surface area (TPSA) is 17.8 Å². The number of alkyl halides is 1. The normalized spacial score (nSPS) is 24.3. The molecule has 1 aromatic carbocycles. The van der Waals surface area contributed by atoms with E-state index < -0.39 is 0 Å². The number of benzene rings is 1. The fraction of sp³-hybridized carbons (Fsp3) is 0.611. The molecular weight excluding hydrogens is 280 g/mol. The fourth-order valence-electron chi connectivity index (χ4n) is 3.67. The summed E-state index contributed by atoms with van der Waals surface area (Å²) < 4.78 is 2.37. The van der Waals surface area contributed by atoms with Crippen LogP contribution in [0.2, 0.25) is 0 Å². The van der Waals surface area contributed by atoms with Gasteiger partial charge >= 0.3 is 0 Å². The Morgan fingerprint density at radius 2 is 1.86 bits per heavy atom. The van der Waals surface area contributed by atoms with Crippen LogP contribution < -0.4 is 0 Å². The average Bonchev–Trinajstić information content (AvgIpc) is 2.87. The van der Waals surface area contributed by atoms with E-state index >= 15 is 0 Å². The summed E-state index contributed by atoms with van der Waals surface area (Å²) in [6.07, 6.45) is 6.81. The maximum atomic E-state index is 6.36. The highest BCUT2D eigenvalue weighted by Gasteiger charge is 2.23. The van der Waals surface area contributed by atoms with Crippen LogP contribution in [0.4, 0.5) is 0 Å². The molecule has 1 atom stereocenters. The first-order valence-electron chi connectivity index (χ1n) is 8.28. The average molecular weight is 305 g/mol. The number of hydrogen-bond acceptors (Lipinski definition) is 1. The van der Waals surface area contributed by atoms with Crippen molar-refractivity contribution in [3.05, 3.63) is 30.1 Å². The van der Waals surface area contributed by atoms with E-state index in [0.717, 1.165) is 29.7 Å². The van der Waals surface area contributed by atoms with Crippen LogP contribution in [0, 0.1) is 11.8 Å². The van der Waals surface area contributed by atoms with Gasteiger partial charge in [-0.25, -0.2) is 4.98 Å². The standard InChI is InChI=1S/C18H25ClN2/c1-3-14-8-10-15(11-9-14)12-21-17-7-5-4-6-16(17)20-18(21)13(2)19/h4-7,13-15H,3,8-12H2,1-2H3. The maximum Gasteiger partial charge on any atom is 0.127 e. The minimum absolute atomic E-state index is 0.0376. The van der Waals surface area contributed by atoms with Gasteiger partial charge < -0.3 is 4.57 Å². The Morgan fingerprint density at radius 1 is 1.19 bits per heavy atom. The summed E-state index contributed by atoms with van der Waals surface area (Å²) >= 11 is 6.36. The lowest BCUT2D eigenvalue weighted by molar-refractivity contribution is 0.248. The maximum absolute atomic E-state index is 6.36. The lowest BCUT2D eigenvalue weighted by Gasteiger charge is -2.28. The van der Waals surface area contributed by atoms with E-state index in [-0.39, 0.29) is 5.38 Å². The summed E-state index contributed by atoms with van der Waals surface area (Å²) in [5.41, 5.74) is 2.31. The molecule has 2 nitrogen and oxygen atoms in total. The van der Waals surface area contributed by atoms with Crippen LogP contribution in [0.15, 0.2) is 24.3 Å². The Kier molecular flexibility index (Phi) is 4.54. The smallest absolute Gasteiger partial charge is 0.127 e.